The van der Waals surface area contributed by atoms with Crippen LogP contribution in [-0.2, 0) is 20.5 Å². The number of fused-ring (bicyclic) bond motifs is 7. The maximum atomic E-state index is 14.8. The summed E-state index contributed by atoms with van der Waals surface area (Å²) < 4.78 is 0. The van der Waals surface area contributed by atoms with Crippen molar-refractivity contribution in [3.8, 4) is 0 Å². The number of carbonyl (C=O) groups is 3. The number of para-hydroxylation sites is 2. The molecule has 7 rings (SSSR count). The molecule has 0 saturated carbocycles. The van der Waals surface area contributed by atoms with E-state index in [0.717, 1.165) is 23.1 Å². The number of aryl methyl sites for hydroxylation is 1. The van der Waals surface area contributed by atoms with Crippen LogP contribution in [0.15, 0.2) is 60.7 Å². The van der Waals surface area contributed by atoms with Crippen LogP contribution in [0.3, 0.4) is 0 Å². The fourth-order valence-electron chi connectivity index (χ4n) is 7.56. The van der Waals surface area contributed by atoms with E-state index in [-0.39, 0.29) is 34.2 Å². The minimum Gasteiger partial charge on any atom is -0.325 e. The standard InChI is InChI=1S/C29H23Cl2N3O3/c1-15-6-4-8-19-23(15)33-27(37)29(19)25(24(35)17-12-11-16(30)14-20(17)31)28(22-10-5-13-34(22)29)18-7-2-3-9-21(18)32-26(28)36/h2-4,6-9,11-12,14,22,25H,5,10,13H2,1H3,(H,32,36)(H,33,37)/t22-,25+,28-,29-/m1/s1. The van der Waals surface area contributed by atoms with Crippen molar-refractivity contribution in [3.05, 3.63) is 93.0 Å². The molecule has 0 bridgehead atoms. The summed E-state index contributed by atoms with van der Waals surface area (Å²) in [5, 5.41) is 6.76. The largest absolute Gasteiger partial charge is 0.325 e. The summed E-state index contributed by atoms with van der Waals surface area (Å²) in [5.41, 5.74) is 1.41. The van der Waals surface area contributed by atoms with Crippen LogP contribution in [0.4, 0.5) is 11.4 Å². The summed E-state index contributed by atoms with van der Waals surface area (Å²) in [5.74, 6) is -1.91. The number of halogens is 2. The van der Waals surface area contributed by atoms with Gasteiger partial charge in [-0.05, 0) is 61.7 Å². The van der Waals surface area contributed by atoms with Crippen molar-refractivity contribution in [2.24, 2.45) is 5.92 Å². The van der Waals surface area contributed by atoms with Gasteiger partial charge in [-0.1, -0.05) is 59.6 Å². The van der Waals surface area contributed by atoms with Gasteiger partial charge in [-0.2, -0.15) is 0 Å². The third kappa shape index (κ3) is 2.63. The number of hydrogen-bond donors (Lipinski definition) is 2. The van der Waals surface area contributed by atoms with Gasteiger partial charge in [0.05, 0.1) is 10.9 Å². The van der Waals surface area contributed by atoms with E-state index in [0.29, 0.717) is 29.4 Å². The van der Waals surface area contributed by atoms with Crippen LogP contribution in [0.2, 0.25) is 10.0 Å². The number of nitrogens with zero attached hydrogens (tertiary/aromatic N) is 1. The lowest BCUT2D eigenvalue weighted by Gasteiger charge is -2.38. The molecule has 0 aliphatic carbocycles. The molecule has 2 fully saturated rings. The zero-order valence-corrected chi connectivity index (χ0v) is 21.5. The average Bonchev–Trinajstić information content (AvgIpc) is 3.59. The van der Waals surface area contributed by atoms with Crippen LogP contribution in [0.25, 0.3) is 0 Å². The van der Waals surface area contributed by atoms with Crippen LogP contribution in [-0.4, -0.2) is 35.1 Å². The Kier molecular flexibility index (Phi) is 4.76. The summed E-state index contributed by atoms with van der Waals surface area (Å²) in [7, 11) is 0. The van der Waals surface area contributed by atoms with E-state index in [4.69, 9.17) is 23.2 Å². The highest BCUT2D eigenvalue weighted by atomic mass is 35.5. The number of anilines is 2. The van der Waals surface area contributed by atoms with Crippen molar-refractivity contribution in [1.29, 1.82) is 0 Å². The van der Waals surface area contributed by atoms with Gasteiger partial charge in [-0.25, -0.2) is 0 Å². The molecule has 4 heterocycles. The van der Waals surface area contributed by atoms with Gasteiger partial charge in [0, 0.05) is 33.6 Å². The molecule has 186 valence electrons. The molecule has 37 heavy (non-hydrogen) atoms. The third-order valence-corrected chi connectivity index (χ3v) is 9.38. The Labute approximate surface area is 223 Å². The first-order chi connectivity index (χ1) is 17.8. The topological polar surface area (TPSA) is 78.5 Å². The van der Waals surface area contributed by atoms with Gasteiger partial charge in [-0.15, -0.1) is 0 Å². The third-order valence-electron chi connectivity index (χ3n) is 8.83. The van der Waals surface area contributed by atoms with Gasteiger partial charge in [0.15, 0.2) is 5.78 Å². The Hall–Kier alpha value is -3.19. The average molecular weight is 532 g/mol. The van der Waals surface area contributed by atoms with E-state index in [9.17, 15) is 14.4 Å². The highest BCUT2D eigenvalue weighted by Crippen LogP contribution is 2.66. The maximum Gasteiger partial charge on any atom is 0.250 e. The summed E-state index contributed by atoms with van der Waals surface area (Å²) in [6, 6.07) is 17.7. The van der Waals surface area contributed by atoms with Crippen LogP contribution >= 0.6 is 23.2 Å². The quantitative estimate of drug-likeness (QED) is 0.439. The lowest BCUT2D eigenvalue weighted by atomic mass is 9.60. The van der Waals surface area contributed by atoms with Crippen molar-refractivity contribution in [2.45, 2.75) is 36.8 Å². The van der Waals surface area contributed by atoms with Crippen molar-refractivity contribution in [1.82, 2.24) is 4.90 Å². The molecular formula is C29H23Cl2N3O3. The van der Waals surface area contributed by atoms with Gasteiger partial charge in [0.2, 0.25) is 11.8 Å². The normalized spacial score (nSPS) is 29.4. The highest BCUT2D eigenvalue weighted by molar-refractivity contribution is 6.37. The SMILES string of the molecule is Cc1cccc2c1NC(=O)[C@]21[C@@H](C(=O)c2ccc(Cl)cc2Cl)[C@]2(C(=O)Nc3ccccc32)[C@H]2CCCN21. The number of hydrogen-bond acceptors (Lipinski definition) is 4. The van der Waals surface area contributed by atoms with Crippen molar-refractivity contribution < 1.29 is 14.4 Å². The fraction of sp³-hybridized carbons (Fsp3) is 0.276. The highest BCUT2D eigenvalue weighted by Gasteiger charge is 2.78. The molecule has 4 aliphatic heterocycles. The van der Waals surface area contributed by atoms with Crippen LogP contribution in [0.1, 0.15) is 39.9 Å². The fourth-order valence-corrected chi connectivity index (χ4v) is 8.07. The zero-order chi connectivity index (χ0) is 25.7. The summed E-state index contributed by atoms with van der Waals surface area (Å²) in [6.07, 6.45) is 1.51. The second kappa shape index (κ2) is 7.67. The van der Waals surface area contributed by atoms with E-state index in [1.54, 1.807) is 12.1 Å². The number of rotatable bonds is 2. The van der Waals surface area contributed by atoms with E-state index in [1.165, 1.54) is 6.07 Å². The predicted molar refractivity (Wildman–Crippen MR) is 142 cm³/mol. The molecule has 2 N–H and O–H groups in total. The number of carbonyl (C=O) groups excluding carboxylic acids is 3. The van der Waals surface area contributed by atoms with Gasteiger partial charge in [0.25, 0.3) is 0 Å². The van der Waals surface area contributed by atoms with Gasteiger partial charge >= 0.3 is 0 Å². The predicted octanol–water partition coefficient (Wildman–Crippen LogP) is 5.32. The first-order valence-electron chi connectivity index (χ1n) is 12.4. The Bertz CT molecular complexity index is 1560. The number of Topliss-reactive ketones (excluding diaryl/α,β-unsaturated/α-hetero) is 1. The summed E-state index contributed by atoms with van der Waals surface area (Å²) in [6.45, 7) is 2.54. The van der Waals surface area contributed by atoms with Crippen LogP contribution < -0.4 is 10.6 Å². The molecule has 3 aromatic rings. The molecule has 2 amide bonds. The first-order valence-corrected chi connectivity index (χ1v) is 13.2. The molecule has 2 saturated heterocycles. The van der Waals surface area contributed by atoms with E-state index < -0.39 is 16.9 Å². The number of amides is 2. The minimum absolute atomic E-state index is 0.199. The molecule has 8 heteroatoms. The summed E-state index contributed by atoms with van der Waals surface area (Å²) in [4.78, 5) is 45.5. The molecule has 3 aromatic carbocycles. The molecule has 0 aromatic heterocycles. The van der Waals surface area contributed by atoms with Crippen molar-refractivity contribution in [2.75, 3.05) is 17.2 Å². The molecule has 6 nitrogen and oxygen atoms in total. The second-order valence-electron chi connectivity index (χ2n) is 10.4. The number of benzene rings is 3. The molecule has 0 unspecified atom stereocenters. The molecule has 0 radical (unpaired) electrons. The zero-order valence-electron chi connectivity index (χ0n) is 20.0. The Morgan fingerprint density at radius 2 is 1.76 bits per heavy atom. The number of nitrogens with one attached hydrogen (secondary N) is 2. The molecule has 2 spiro atoms. The smallest absolute Gasteiger partial charge is 0.250 e. The van der Waals surface area contributed by atoms with Gasteiger partial charge < -0.3 is 10.6 Å². The lowest BCUT2D eigenvalue weighted by molar-refractivity contribution is -0.128. The Morgan fingerprint density at radius 3 is 2.57 bits per heavy atom. The Balaban J connectivity index is 1.60. The minimum atomic E-state index is -1.36. The molecule has 4 aliphatic rings. The van der Waals surface area contributed by atoms with Crippen molar-refractivity contribution in [3.63, 3.8) is 0 Å². The van der Waals surface area contributed by atoms with Gasteiger partial charge in [0.1, 0.15) is 11.0 Å². The second-order valence-corrected chi connectivity index (χ2v) is 11.2. The van der Waals surface area contributed by atoms with Crippen LogP contribution in [0.5, 0.6) is 0 Å². The van der Waals surface area contributed by atoms with Gasteiger partial charge in [-0.3, -0.25) is 19.3 Å². The van der Waals surface area contributed by atoms with E-state index >= 15 is 0 Å². The van der Waals surface area contributed by atoms with Crippen molar-refractivity contribution >= 4 is 52.2 Å². The monoisotopic (exact) mass is 531 g/mol. The molecular weight excluding hydrogens is 509 g/mol. The summed E-state index contributed by atoms with van der Waals surface area (Å²) >= 11 is 12.8. The van der Waals surface area contributed by atoms with E-state index in [1.807, 2.05) is 49.4 Å². The number of ketones is 1. The maximum absolute atomic E-state index is 14.8. The van der Waals surface area contributed by atoms with Crippen LogP contribution in [0, 0.1) is 12.8 Å². The Morgan fingerprint density at radius 1 is 0.973 bits per heavy atom. The van der Waals surface area contributed by atoms with E-state index in [2.05, 4.69) is 15.5 Å². The molecule has 4 atom stereocenters. The first kappa shape index (κ1) is 23.0. The lowest BCUT2D eigenvalue weighted by Crippen LogP contribution is -2.55.